The summed E-state index contributed by atoms with van der Waals surface area (Å²) in [6.45, 7) is 4.64. The number of carbonyl (C=O) groups is 1. The van der Waals surface area contributed by atoms with Crippen LogP contribution in [-0.4, -0.2) is 68.5 Å². The van der Waals surface area contributed by atoms with Gasteiger partial charge >= 0.3 is 0 Å². The molecule has 0 spiro atoms. The summed E-state index contributed by atoms with van der Waals surface area (Å²) in [5.41, 5.74) is 0. The Balaban J connectivity index is 4.31. The minimum Gasteiger partial charge on any atom is -0.756 e. The molecule has 8 nitrogen and oxygen atoms in total. The largest absolute Gasteiger partial charge is 0.756 e. The van der Waals surface area contributed by atoms with Crippen LogP contribution in [0.4, 0.5) is 0 Å². The Morgan fingerprint density at radius 3 is 1.23 bits per heavy atom. The predicted molar refractivity (Wildman–Crippen MR) is 284 cm³/mol. The van der Waals surface area contributed by atoms with E-state index in [1.807, 2.05) is 27.2 Å². The smallest absolute Gasteiger partial charge is 0.268 e. The highest BCUT2D eigenvalue weighted by atomic mass is 31.2. The van der Waals surface area contributed by atoms with Crippen molar-refractivity contribution in [2.45, 2.75) is 270 Å². The molecule has 1 amide bonds. The van der Waals surface area contributed by atoms with Gasteiger partial charge in [0, 0.05) is 6.42 Å². The van der Waals surface area contributed by atoms with Gasteiger partial charge in [-0.2, -0.15) is 0 Å². The molecule has 2 N–H and O–H groups in total. The van der Waals surface area contributed by atoms with Crippen LogP contribution in [0.1, 0.15) is 258 Å². The normalized spacial score (nSPS) is 14.3. The monoisotopic (exact) mass is 949 g/mol. The summed E-state index contributed by atoms with van der Waals surface area (Å²) >= 11 is 0. The lowest BCUT2D eigenvalue weighted by atomic mass is 10.0. The minimum atomic E-state index is -4.61. The third-order valence-electron chi connectivity index (χ3n) is 12.5. The molecule has 66 heavy (non-hydrogen) atoms. The summed E-state index contributed by atoms with van der Waals surface area (Å²) in [7, 11) is 1.24. The summed E-state index contributed by atoms with van der Waals surface area (Å²) in [5, 5.41) is 13.8. The van der Waals surface area contributed by atoms with Crippen molar-refractivity contribution in [3.05, 3.63) is 48.6 Å². The maximum absolute atomic E-state index is 12.9. The van der Waals surface area contributed by atoms with Crippen molar-refractivity contribution < 1.29 is 32.9 Å². The summed E-state index contributed by atoms with van der Waals surface area (Å²) in [6.07, 6.45) is 63.3. The standard InChI is InChI=1S/C57H109N2O6P/c1-6-8-10-12-14-16-18-20-22-24-26-27-28-29-30-31-33-34-36-38-40-42-44-46-48-50-56(60)55(54-65-66(62,63)64-53-52-59(3,4)5)58-57(61)51-49-47-45-43-41-39-37-35-32-25-23-21-19-17-15-13-11-9-7-2/h21,23,33-34,40,42,48,50,55-56,60H,6-20,22,24-32,35-39,41,43-47,49,51-54H2,1-5H3,(H-,58,61,62,63)/b23-21-,34-33+,42-40+,50-48+. The number of rotatable bonds is 51. The third kappa shape index (κ3) is 50.3. The van der Waals surface area contributed by atoms with E-state index < -0.39 is 26.6 Å². The highest BCUT2D eigenvalue weighted by Crippen LogP contribution is 2.38. The predicted octanol–water partition coefficient (Wildman–Crippen LogP) is 16.1. The molecule has 388 valence electrons. The van der Waals surface area contributed by atoms with E-state index in [1.165, 1.54) is 193 Å². The van der Waals surface area contributed by atoms with E-state index in [9.17, 15) is 19.4 Å². The Morgan fingerprint density at radius 2 is 0.848 bits per heavy atom. The van der Waals surface area contributed by atoms with E-state index >= 15 is 0 Å². The molecule has 0 aromatic carbocycles. The highest BCUT2D eigenvalue weighted by molar-refractivity contribution is 7.45. The first-order valence-corrected chi connectivity index (χ1v) is 29.5. The zero-order chi connectivity index (χ0) is 48.5. The first-order chi connectivity index (χ1) is 32.0. The summed E-state index contributed by atoms with van der Waals surface area (Å²) < 4.78 is 23.3. The van der Waals surface area contributed by atoms with Crippen LogP contribution >= 0.6 is 7.82 Å². The number of phosphoric acid groups is 1. The van der Waals surface area contributed by atoms with Gasteiger partial charge < -0.3 is 28.8 Å². The molecule has 0 aliphatic heterocycles. The SMILES string of the molecule is CCCCCCCC/C=C\CCCCCCCCCCCC(=O)NC(COP(=O)([O-])OCC[N+](C)(C)C)C(O)/C=C/CC/C=C/CC/C=C/CCCCCCCCCCCCCCCCC. The molecule has 0 saturated heterocycles. The van der Waals surface area contributed by atoms with Crippen molar-refractivity contribution in [2.24, 2.45) is 0 Å². The van der Waals surface area contributed by atoms with Crippen LogP contribution in [0.3, 0.4) is 0 Å². The van der Waals surface area contributed by atoms with Gasteiger partial charge in [0.25, 0.3) is 7.82 Å². The van der Waals surface area contributed by atoms with Crippen LogP contribution in [0.15, 0.2) is 48.6 Å². The van der Waals surface area contributed by atoms with E-state index in [0.717, 1.165) is 44.9 Å². The lowest BCUT2D eigenvalue weighted by Gasteiger charge is -2.29. The number of likely N-dealkylation sites (N-methyl/N-ethyl adjacent to an activating group) is 1. The van der Waals surface area contributed by atoms with Crippen molar-refractivity contribution >= 4 is 13.7 Å². The second-order valence-corrected chi connectivity index (χ2v) is 21.7. The Hall–Kier alpha value is -1.54. The van der Waals surface area contributed by atoms with Crippen molar-refractivity contribution in [2.75, 3.05) is 40.9 Å². The Bertz CT molecular complexity index is 1210. The summed E-state index contributed by atoms with van der Waals surface area (Å²) in [5.74, 6) is -0.212. The number of phosphoric ester groups is 1. The van der Waals surface area contributed by atoms with Gasteiger partial charge in [-0.1, -0.05) is 229 Å². The van der Waals surface area contributed by atoms with Gasteiger partial charge in [0.1, 0.15) is 13.2 Å². The average molecular weight is 949 g/mol. The second kappa shape index (κ2) is 48.5. The van der Waals surface area contributed by atoms with E-state index in [-0.39, 0.29) is 12.5 Å². The van der Waals surface area contributed by atoms with Crippen LogP contribution in [0, 0.1) is 0 Å². The van der Waals surface area contributed by atoms with Crippen LogP contribution in [0.5, 0.6) is 0 Å². The lowest BCUT2D eigenvalue weighted by Crippen LogP contribution is -2.45. The van der Waals surface area contributed by atoms with Gasteiger partial charge in [0.2, 0.25) is 5.91 Å². The number of unbranched alkanes of at least 4 members (excludes halogenated alkanes) is 32. The Labute approximate surface area is 409 Å². The molecule has 0 aromatic rings. The quantitative estimate of drug-likeness (QED) is 0.0272. The van der Waals surface area contributed by atoms with Crippen molar-refractivity contribution in [3.63, 3.8) is 0 Å². The maximum Gasteiger partial charge on any atom is 0.268 e. The Kier molecular flexibility index (Phi) is 47.4. The van der Waals surface area contributed by atoms with E-state index in [4.69, 9.17) is 9.05 Å². The highest BCUT2D eigenvalue weighted by Gasteiger charge is 2.23. The number of nitrogens with zero attached hydrogens (tertiary/aromatic N) is 1. The number of carbonyl (C=O) groups excluding carboxylic acids is 1. The zero-order valence-electron chi connectivity index (χ0n) is 44.1. The molecule has 0 fully saturated rings. The summed E-state index contributed by atoms with van der Waals surface area (Å²) in [4.78, 5) is 25.5. The van der Waals surface area contributed by atoms with Crippen molar-refractivity contribution in [1.82, 2.24) is 5.32 Å². The molecule has 0 aromatic heterocycles. The van der Waals surface area contributed by atoms with Crippen molar-refractivity contribution in [3.8, 4) is 0 Å². The fourth-order valence-electron chi connectivity index (χ4n) is 8.06. The molecule has 0 bridgehead atoms. The number of aliphatic hydroxyl groups is 1. The number of amides is 1. The van der Waals surface area contributed by atoms with Gasteiger partial charge in [-0.3, -0.25) is 9.36 Å². The fraction of sp³-hybridized carbons (Fsp3) is 0.842. The van der Waals surface area contributed by atoms with E-state index in [0.29, 0.717) is 17.4 Å². The van der Waals surface area contributed by atoms with Gasteiger partial charge in [-0.25, -0.2) is 0 Å². The zero-order valence-corrected chi connectivity index (χ0v) is 45.0. The molecular formula is C57H109N2O6P. The van der Waals surface area contributed by atoms with E-state index in [2.05, 4.69) is 55.6 Å². The average Bonchev–Trinajstić information content (AvgIpc) is 3.28. The molecule has 3 atom stereocenters. The number of aliphatic hydroxyl groups excluding tert-OH is 1. The summed E-state index contributed by atoms with van der Waals surface area (Å²) in [6, 6.07) is -0.912. The molecule has 0 heterocycles. The number of nitrogens with one attached hydrogen (secondary N) is 1. The Morgan fingerprint density at radius 1 is 0.515 bits per heavy atom. The van der Waals surface area contributed by atoms with Gasteiger partial charge in [-0.05, 0) is 70.6 Å². The fourth-order valence-corrected chi connectivity index (χ4v) is 8.79. The second-order valence-electron chi connectivity index (χ2n) is 20.3. The number of allylic oxidation sites excluding steroid dienone is 7. The van der Waals surface area contributed by atoms with Gasteiger partial charge in [0.05, 0.1) is 39.9 Å². The number of hydrogen-bond acceptors (Lipinski definition) is 6. The molecule has 0 rings (SSSR count). The third-order valence-corrected chi connectivity index (χ3v) is 13.5. The van der Waals surface area contributed by atoms with Crippen LogP contribution < -0.4 is 10.2 Å². The molecule has 0 aliphatic rings. The van der Waals surface area contributed by atoms with Crippen LogP contribution in [0.25, 0.3) is 0 Å². The first-order valence-electron chi connectivity index (χ1n) is 28.0. The number of quaternary nitrogens is 1. The maximum atomic E-state index is 12.9. The van der Waals surface area contributed by atoms with Gasteiger partial charge in [-0.15, -0.1) is 0 Å². The molecule has 9 heteroatoms. The first kappa shape index (κ1) is 64.5. The van der Waals surface area contributed by atoms with Crippen LogP contribution in [-0.2, 0) is 18.4 Å². The molecule has 3 unspecified atom stereocenters. The number of hydrogen-bond donors (Lipinski definition) is 2. The van der Waals surface area contributed by atoms with Gasteiger partial charge in [0.15, 0.2) is 0 Å². The van der Waals surface area contributed by atoms with Crippen molar-refractivity contribution in [1.29, 1.82) is 0 Å². The van der Waals surface area contributed by atoms with Crippen LogP contribution in [0.2, 0.25) is 0 Å². The lowest BCUT2D eigenvalue weighted by molar-refractivity contribution is -0.870. The molecule has 0 saturated carbocycles. The van der Waals surface area contributed by atoms with E-state index in [1.54, 1.807) is 6.08 Å². The minimum absolute atomic E-state index is 0.00979. The topological polar surface area (TPSA) is 108 Å². The molecule has 0 aliphatic carbocycles. The molecular weight excluding hydrogens is 840 g/mol. The molecule has 0 radical (unpaired) electrons.